The first kappa shape index (κ1) is 12.4. The van der Waals surface area contributed by atoms with Gasteiger partial charge in [0, 0.05) is 29.2 Å². The fourth-order valence-corrected chi connectivity index (χ4v) is 1.65. The Bertz CT molecular complexity index is 529. The summed E-state index contributed by atoms with van der Waals surface area (Å²) >= 11 is 0. The van der Waals surface area contributed by atoms with Crippen molar-refractivity contribution in [2.24, 2.45) is 0 Å². The fraction of sp³-hybridized carbons (Fsp3) is 0.154. The Morgan fingerprint density at radius 3 is 2.22 bits per heavy atom. The third-order valence-corrected chi connectivity index (χ3v) is 2.69. The lowest BCUT2D eigenvalue weighted by Gasteiger charge is -2.13. The number of halogens is 2. The lowest BCUT2D eigenvalue weighted by molar-refractivity contribution is 0.151. The van der Waals surface area contributed by atoms with Crippen LogP contribution in [0, 0.1) is 0 Å². The van der Waals surface area contributed by atoms with Crippen molar-refractivity contribution in [3.05, 3.63) is 59.4 Å². The number of nitrogens with two attached hydrogens (primary N) is 1. The Labute approximate surface area is 103 Å². The van der Waals surface area contributed by atoms with Crippen molar-refractivity contribution < 1.29 is 13.9 Å². The Morgan fingerprint density at radius 1 is 1.06 bits per heavy atom. The lowest BCUT2D eigenvalue weighted by atomic mass is 10.0. The second-order valence-electron chi connectivity index (χ2n) is 3.87. The SMILES string of the molecule is Nc1ccncc1C(O)c1ccc(C(F)F)cc1. The van der Waals surface area contributed by atoms with Crippen LogP contribution >= 0.6 is 0 Å². The molecule has 0 spiro atoms. The number of pyridine rings is 1. The van der Waals surface area contributed by atoms with Gasteiger partial charge in [-0.25, -0.2) is 8.78 Å². The van der Waals surface area contributed by atoms with Crippen LogP contribution in [-0.4, -0.2) is 10.1 Å². The monoisotopic (exact) mass is 250 g/mol. The number of alkyl halides is 2. The molecule has 2 rings (SSSR count). The van der Waals surface area contributed by atoms with Crippen LogP contribution in [0.2, 0.25) is 0 Å². The molecule has 0 saturated heterocycles. The molecule has 2 aromatic rings. The molecule has 1 unspecified atom stereocenters. The van der Waals surface area contributed by atoms with Gasteiger partial charge < -0.3 is 10.8 Å². The summed E-state index contributed by atoms with van der Waals surface area (Å²) in [6.45, 7) is 0. The quantitative estimate of drug-likeness (QED) is 0.880. The highest BCUT2D eigenvalue weighted by atomic mass is 19.3. The number of nitrogen functional groups attached to an aromatic ring is 1. The minimum Gasteiger partial charge on any atom is -0.398 e. The second kappa shape index (κ2) is 5.10. The number of aliphatic hydroxyl groups is 1. The average Bonchev–Trinajstić information content (AvgIpc) is 2.38. The highest BCUT2D eigenvalue weighted by Gasteiger charge is 2.14. The van der Waals surface area contributed by atoms with E-state index in [0.29, 0.717) is 16.8 Å². The summed E-state index contributed by atoms with van der Waals surface area (Å²) < 4.78 is 24.8. The number of benzene rings is 1. The zero-order valence-corrected chi connectivity index (χ0v) is 9.42. The summed E-state index contributed by atoms with van der Waals surface area (Å²) in [5, 5.41) is 10.1. The van der Waals surface area contributed by atoms with Gasteiger partial charge in [0.1, 0.15) is 6.10 Å². The molecule has 3 nitrogen and oxygen atoms in total. The first-order chi connectivity index (χ1) is 8.59. The standard InChI is InChI=1S/C13H12F2N2O/c14-13(15)9-3-1-8(2-4-9)12(18)10-7-17-6-5-11(10)16/h1-7,12-13,18H,(H2,16,17). The molecule has 1 aromatic carbocycles. The van der Waals surface area contributed by atoms with Crippen molar-refractivity contribution in [2.45, 2.75) is 12.5 Å². The van der Waals surface area contributed by atoms with E-state index in [0.717, 1.165) is 0 Å². The molecule has 1 aromatic heterocycles. The predicted octanol–water partition coefficient (Wildman–Crippen LogP) is 2.68. The van der Waals surface area contributed by atoms with E-state index < -0.39 is 12.5 Å². The molecule has 0 aliphatic rings. The van der Waals surface area contributed by atoms with Gasteiger partial charge in [-0.2, -0.15) is 0 Å². The van der Waals surface area contributed by atoms with Gasteiger partial charge in [-0.3, -0.25) is 4.98 Å². The van der Waals surface area contributed by atoms with E-state index in [1.807, 2.05) is 0 Å². The van der Waals surface area contributed by atoms with Gasteiger partial charge in [0.2, 0.25) is 0 Å². The number of aromatic nitrogens is 1. The average molecular weight is 250 g/mol. The molecule has 5 heteroatoms. The number of aliphatic hydroxyl groups excluding tert-OH is 1. The predicted molar refractivity (Wildman–Crippen MR) is 64.1 cm³/mol. The van der Waals surface area contributed by atoms with Crippen LogP contribution in [-0.2, 0) is 0 Å². The number of rotatable bonds is 3. The van der Waals surface area contributed by atoms with E-state index in [-0.39, 0.29) is 5.56 Å². The van der Waals surface area contributed by atoms with Crippen LogP contribution in [0.1, 0.15) is 29.2 Å². The topological polar surface area (TPSA) is 59.1 Å². The van der Waals surface area contributed by atoms with Crippen LogP contribution in [0.4, 0.5) is 14.5 Å². The van der Waals surface area contributed by atoms with Crippen molar-refractivity contribution in [2.75, 3.05) is 5.73 Å². The van der Waals surface area contributed by atoms with Gasteiger partial charge in [-0.05, 0) is 11.6 Å². The second-order valence-corrected chi connectivity index (χ2v) is 3.87. The summed E-state index contributed by atoms with van der Waals surface area (Å²) in [5.41, 5.74) is 7.01. The van der Waals surface area contributed by atoms with Crippen molar-refractivity contribution in [3.63, 3.8) is 0 Å². The van der Waals surface area contributed by atoms with Crippen LogP contribution < -0.4 is 5.73 Å². The van der Waals surface area contributed by atoms with Gasteiger partial charge in [0.05, 0.1) is 0 Å². The van der Waals surface area contributed by atoms with Crippen molar-refractivity contribution in [1.29, 1.82) is 0 Å². The van der Waals surface area contributed by atoms with Crippen molar-refractivity contribution in [1.82, 2.24) is 4.98 Å². The summed E-state index contributed by atoms with van der Waals surface area (Å²) in [7, 11) is 0. The van der Waals surface area contributed by atoms with Crippen LogP contribution in [0.15, 0.2) is 42.7 Å². The maximum Gasteiger partial charge on any atom is 0.263 e. The Balaban J connectivity index is 2.29. The van der Waals surface area contributed by atoms with Gasteiger partial charge in [-0.1, -0.05) is 24.3 Å². The lowest BCUT2D eigenvalue weighted by Crippen LogP contribution is -2.04. The summed E-state index contributed by atoms with van der Waals surface area (Å²) in [6, 6.07) is 7.06. The molecule has 0 saturated carbocycles. The van der Waals surface area contributed by atoms with Crippen molar-refractivity contribution in [3.8, 4) is 0 Å². The van der Waals surface area contributed by atoms with E-state index >= 15 is 0 Å². The molecule has 0 fully saturated rings. The number of nitrogens with zero attached hydrogens (tertiary/aromatic N) is 1. The molecule has 0 aliphatic carbocycles. The van der Waals surface area contributed by atoms with Gasteiger partial charge >= 0.3 is 0 Å². The number of hydrogen-bond acceptors (Lipinski definition) is 3. The molecular weight excluding hydrogens is 238 g/mol. The van der Waals surface area contributed by atoms with Crippen molar-refractivity contribution >= 4 is 5.69 Å². The molecule has 0 bridgehead atoms. The van der Waals surface area contributed by atoms with E-state index in [2.05, 4.69) is 4.98 Å². The number of anilines is 1. The van der Waals surface area contributed by atoms with Gasteiger partial charge in [-0.15, -0.1) is 0 Å². The van der Waals surface area contributed by atoms with E-state index in [9.17, 15) is 13.9 Å². The smallest absolute Gasteiger partial charge is 0.263 e. The van der Waals surface area contributed by atoms with Gasteiger partial charge in [0.15, 0.2) is 0 Å². The molecule has 18 heavy (non-hydrogen) atoms. The zero-order valence-electron chi connectivity index (χ0n) is 9.42. The Kier molecular flexibility index (Phi) is 3.53. The van der Waals surface area contributed by atoms with Gasteiger partial charge in [0.25, 0.3) is 6.43 Å². The molecule has 0 aliphatic heterocycles. The molecule has 1 atom stereocenters. The summed E-state index contributed by atoms with van der Waals surface area (Å²) in [5.74, 6) is 0. The molecule has 0 radical (unpaired) electrons. The van der Waals surface area contributed by atoms with E-state index in [4.69, 9.17) is 5.73 Å². The third-order valence-electron chi connectivity index (χ3n) is 2.69. The maximum absolute atomic E-state index is 12.4. The van der Waals surface area contributed by atoms with Crippen LogP contribution in [0.5, 0.6) is 0 Å². The first-order valence-corrected chi connectivity index (χ1v) is 5.35. The summed E-state index contributed by atoms with van der Waals surface area (Å²) in [4.78, 5) is 3.88. The van der Waals surface area contributed by atoms with Crippen LogP contribution in [0.3, 0.4) is 0 Å². The van der Waals surface area contributed by atoms with E-state index in [1.54, 1.807) is 6.07 Å². The highest BCUT2D eigenvalue weighted by molar-refractivity contribution is 5.48. The fourth-order valence-electron chi connectivity index (χ4n) is 1.65. The molecule has 94 valence electrons. The third kappa shape index (κ3) is 2.46. The Morgan fingerprint density at radius 2 is 1.67 bits per heavy atom. The highest BCUT2D eigenvalue weighted by Crippen LogP contribution is 2.27. The van der Waals surface area contributed by atoms with E-state index in [1.165, 1.54) is 36.7 Å². The first-order valence-electron chi connectivity index (χ1n) is 5.35. The number of hydrogen-bond donors (Lipinski definition) is 2. The van der Waals surface area contributed by atoms with Crippen LogP contribution in [0.25, 0.3) is 0 Å². The molecule has 3 N–H and O–H groups in total. The maximum atomic E-state index is 12.4. The minimum atomic E-state index is -2.51. The minimum absolute atomic E-state index is 0.0786. The molecular formula is C13H12F2N2O. The summed E-state index contributed by atoms with van der Waals surface area (Å²) in [6.07, 6.45) is -0.503. The molecule has 1 heterocycles. The normalized spacial score (nSPS) is 12.7. The Hall–Kier alpha value is -2.01. The zero-order chi connectivity index (χ0) is 13.1. The molecule has 0 amide bonds. The largest absolute Gasteiger partial charge is 0.398 e.